The molecule has 118 valence electrons. The van der Waals surface area contributed by atoms with Gasteiger partial charge in [0, 0.05) is 0 Å². The summed E-state index contributed by atoms with van der Waals surface area (Å²) in [6.45, 7) is 1.59. The number of hydrogen-bond acceptors (Lipinski definition) is 6. The molecule has 1 aromatic carbocycles. The smallest absolute Gasteiger partial charge is 0.263 e. The zero-order valence-corrected chi connectivity index (χ0v) is 13.2. The molecule has 2 aromatic heterocycles. The Morgan fingerprint density at radius 1 is 1.39 bits per heavy atom. The van der Waals surface area contributed by atoms with Crippen LogP contribution in [0.25, 0.3) is 10.8 Å². The number of rotatable bonds is 5. The number of thiazole rings is 1. The van der Waals surface area contributed by atoms with Crippen LogP contribution in [0.2, 0.25) is 0 Å². The number of aryl methyl sites for hydroxylation is 1. The van der Waals surface area contributed by atoms with Crippen molar-refractivity contribution in [2.45, 2.75) is 13.0 Å². The van der Waals surface area contributed by atoms with Crippen LogP contribution in [0.4, 0.5) is 0 Å². The van der Waals surface area contributed by atoms with Crippen LogP contribution in [0.15, 0.2) is 36.7 Å². The number of carbonyl (C=O) groups is 1. The quantitative estimate of drug-likeness (QED) is 0.661. The summed E-state index contributed by atoms with van der Waals surface area (Å²) >= 11 is 1.23. The predicted octanol–water partition coefficient (Wildman–Crippen LogP) is 1.70. The molecule has 23 heavy (non-hydrogen) atoms. The first-order valence-electron chi connectivity index (χ1n) is 6.99. The van der Waals surface area contributed by atoms with Crippen LogP contribution in [0.5, 0.6) is 0 Å². The molecule has 0 radical (unpaired) electrons. The number of nitrogens with zero attached hydrogens (tertiary/aromatic N) is 3. The largest absolute Gasteiger partial charge is 0.394 e. The molecule has 1 unspecified atom stereocenters. The van der Waals surface area contributed by atoms with Crippen molar-refractivity contribution >= 4 is 17.2 Å². The van der Waals surface area contributed by atoms with Crippen molar-refractivity contribution in [2.75, 3.05) is 6.61 Å². The molecule has 8 heteroatoms. The van der Waals surface area contributed by atoms with Gasteiger partial charge in [0.15, 0.2) is 10.8 Å². The highest BCUT2D eigenvalue weighted by molar-refractivity contribution is 7.17. The average molecular weight is 329 g/mol. The van der Waals surface area contributed by atoms with E-state index in [1.165, 1.54) is 17.7 Å². The molecule has 1 amide bonds. The fourth-order valence-electron chi connectivity index (χ4n) is 2.16. The van der Waals surface area contributed by atoms with Gasteiger partial charge in [-0.1, -0.05) is 30.3 Å². The van der Waals surface area contributed by atoms with Gasteiger partial charge in [-0.15, -0.1) is 11.3 Å². The molecule has 0 spiro atoms. The molecule has 3 aromatic rings. The van der Waals surface area contributed by atoms with Gasteiger partial charge in [0.2, 0.25) is 0 Å². The lowest BCUT2D eigenvalue weighted by molar-refractivity contribution is 0.0919. The Kier molecular flexibility index (Phi) is 4.45. The Balaban J connectivity index is 1.80. The third-order valence-electron chi connectivity index (χ3n) is 3.31. The molecule has 0 saturated heterocycles. The normalized spacial score (nSPS) is 12.1. The van der Waals surface area contributed by atoms with Gasteiger partial charge in [-0.25, -0.2) is 9.97 Å². The second-order valence-corrected chi connectivity index (χ2v) is 5.89. The fraction of sp³-hybridized carbons (Fsp3) is 0.200. The van der Waals surface area contributed by atoms with Crippen LogP contribution in [0.3, 0.4) is 0 Å². The Bertz CT molecular complexity index is 786. The number of aromatic nitrogens is 4. The Labute approximate surface area is 136 Å². The molecular weight excluding hydrogens is 314 g/mol. The first kappa shape index (κ1) is 15.3. The molecule has 0 aliphatic rings. The number of aromatic amines is 1. The highest BCUT2D eigenvalue weighted by Crippen LogP contribution is 2.25. The second-order valence-electron chi connectivity index (χ2n) is 4.89. The number of H-pyrrole nitrogens is 1. The SMILES string of the molecule is Cc1nc(-c2ncn[nH]2)sc1C(=O)NC(CO)c1ccccc1. The summed E-state index contributed by atoms with van der Waals surface area (Å²) in [6, 6.07) is 8.88. The van der Waals surface area contributed by atoms with E-state index in [9.17, 15) is 9.90 Å². The fourth-order valence-corrected chi connectivity index (χ4v) is 3.08. The summed E-state index contributed by atoms with van der Waals surface area (Å²) in [7, 11) is 0. The summed E-state index contributed by atoms with van der Waals surface area (Å²) < 4.78 is 0. The van der Waals surface area contributed by atoms with Gasteiger partial charge in [0.25, 0.3) is 5.91 Å². The van der Waals surface area contributed by atoms with Crippen molar-refractivity contribution < 1.29 is 9.90 Å². The van der Waals surface area contributed by atoms with E-state index in [0.29, 0.717) is 21.4 Å². The van der Waals surface area contributed by atoms with Crippen LogP contribution >= 0.6 is 11.3 Å². The van der Waals surface area contributed by atoms with Crippen molar-refractivity contribution in [1.82, 2.24) is 25.5 Å². The van der Waals surface area contributed by atoms with Gasteiger partial charge in [0.1, 0.15) is 11.2 Å². The number of amides is 1. The molecule has 0 saturated carbocycles. The minimum absolute atomic E-state index is 0.178. The molecule has 3 rings (SSSR count). The first-order valence-corrected chi connectivity index (χ1v) is 7.80. The third-order valence-corrected chi connectivity index (χ3v) is 4.47. The molecule has 7 nitrogen and oxygen atoms in total. The average Bonchev–Trinajstić information content (AvgIpc) is 3.22. The van der Waals surface area contributed by atoms with Crippen molar-refractivity contribution in [2.24, 2.45) is 0 Å². The molecule has 0 bridgehead atoms. The number of carbonyl (C=O) groups excluding carboxylic acids is 1. The zero-order chi connectivity index (χ0) is 16.2. The topological polar surface area (TPSA) is 104 Å². The highest BCUT2D eigenvalue weighted by Gasteiger charge is 2.20. The monoisotopic (exact) mass is 329 g/mol. The van der Waals surface area contributed by atoms with Crippen molar-refractivity contribution in [3.8, 4) is 10.8 Å². The lowest BCUT2D eigenvalue weighted by Gasteiger charge is -2.16. The Morgan fingerprint density at radius 3 is 2.83 bits per heavy atom. The van der Waals surface area contributed by atoms with Gasteiger partial charge in [-0.05, 0) is 12.5 Å². The number of benzene rings is 1. The summed E-state index contributed by atoms with van der Waals surface area (Å²) in [4.78, 5) is 21.4. The number of hydrogen-bond donors (Lipinski definition) is 3. The number of nitrogens with one attached hydrogen (secondary N) is 2. The van der Waals surface area contributed by atoms with Crippen LogP contribution in [0, 0.1) is 6.92 Å². The van der Waals surface area contributed by atoms with Gasteiger partial charge >= 0.3 is 0 Å². The third kappa shape index (κ3) is 3.27. The number of aliphatic hydroxyl groups is 1. The lowest BCUT2D eigenvalue weighted by Crippen LogP contribution is -2.30. The van der Waals surface area contributed by atoms with Crippen LogP contribution in [-0.4, -0.2) is 37.8 Å². The Morgan fingerprint density at radius 2 is 2.17 bits per heavy atom. The molecule has 0 aliphatic carbocycles. The highest BCUT2D eigenvalue weighted by atomic mass is 32.1. The van der Waals surface area contributed by atoms with E-state index in [1.54, 1.807) is 6.92 Å². The van der Waals surface area contributed by atoms with Gasteiger partial charge in [0.05, 0.1) is 18.3 Å². The van der Waals surface area contributed by atoms with E-state index in [1.807, 2.05) is 30.3 Å². The minimum atomic E-state index is -0.459. The maximum atomic E-state index is 12.5. The number of aliphatic hydroxyl groups excluding tert-OH is 1. The first-order chi connectivity index (χ1) is 11.2. The molecule has 0 fully saturated rings. The van der Waals surface area contributed by atoms with E-state index < -0.39 is 6.04 Å². The summed E-state index contributed by atoms with van der Waals surface area (Å²) in [6.07, 6.45) is 1.39. The molecule has 1 atom stereocenters. The van der Waals surface area contributed by atoms with Crippen LogP contribution < -0.4 is 5.32 Å². The lowest BCUT2D eigenvalue weighted by atomic mass is 10.1. The van der Waals surface area contributed by atoms with Gasteiger partial charge < -0.3 is 10.4 Å². The second kappa shape index (κ2) is 6.67. The van der Waals surface area contributed by atoms with Crippen LogP contribution in [0.1, 0.15) is 27.0 Å². The predicted molar refractivity (Wildman–Crippen MR) is 86.0 cm³/mol. The molecule has 0 aliphatic heterocycles. The van der Waals surface area contributed by atoms with E-state index >= 15 is 0 Å². The molecule has 3 N–H and O–H groups in total. The Hall–Kier alpha value is -2.58. The molecular formula is C15H15N5O2S. The van der Waals surface area contributed by atoms with E-state index in [2.05, 4.69) is 25.5 Å². The van der Waals surface area contributed by atoms with E-state index in [0.717, 1.165) is 5.56 Å². The van der Waals surface area contributed by atoms with Crippen molar-refractivity contribution in [3.05, 3.63) is 52.8 Å². The maximum absolute atomic E-state index is 12.5. The summed E-state index contributed by atoms with van der Waals surface area (Å²) in [5, 5.41) is 19.5. The molecule has 2 heterocycles. The van der Waals surface area contributed by atoms with E-state index in [-0.39, 0.29) is 12.5 Å². The minimum Gasteiger partial charge on any atom is -0.394 e. The van der Waals surface area contributed by atoms with Crippen molar-refractivity contribution in [3.63, 3.8) is 0 Å². The van der Waals surface area contributed by atoms with Crippen molar-refractivity contribution in [1.29, 1.82) is 0 Å². The van der Waals surface area contributed by atoms with E-state index in [4.69, 9.17) is 0 Å². The maximum Gasteiger partial charge on any atom is 0.263 e. The zero-order valence-electron chi connectivity index (χ0n) is 12.4. The summed E-state index contributed by atoms with van der Waals surface area (Å²) in [5.74, 6) is 0.257. The van der Waals surface area contributed by atoms with Gasteiger partial charge in [-0.2, -0.15) is 5.10 Å². The summed E-state index contributed by atoms with van der Waals surface area (Å²) in [5.41, 5.74) is 1.46. The standard InChI is InChI=1S/C15H15N5O2S/c1-9-12(23-15(18-9)13-16-8-17-20-13)14(22)19-11(7-21)10-5-3-2-4-6-10/h2-6,8,11,21H,7H2,1H3,(H,19,22)(H,16,17,20). The van der Waals surface area contributed by atoms with Crippen LogP contribution in [-0.2, 0) is 0 Å². The van der Waals surface area contributed by atoms with Gasteiger partial charge in [-0.3, -0.25) is 9.89 Å².